The molecule has 1 N–H and O–H groups in total. The van der Waals surface area contributed by atoms with E-state index < -0.39 is 6.10 Å². The molecule has 7 heteroatoms. The summed E-state index contributed by atoms with van der Waals surface area (Å²) in [6.45, 7) is 0. The average molecular weight is 343 g/mol. The summed E-state index contributed by atoms with van der Waals surface area (Å²) >= 11 is 13.2. The Morgan fingerprint density at radius 2 is 1.81 bits per heavy atom. The van der Waals surface area contributed by atoms with E-state index in [2.05, 4.69) is 0 Å². The van der Waals surface area contributed by atoms with Crippen LogP contribution in [0.4, 0.5) is 0 Å². The number of aliphatic hydroxyl groups is 1. The Balaban J connectivity index is 2.15. The topological polar surface area (TPSA) is 47.2 Å². The first-order valence-electron chi connectivity index (χ1n) is 6.18. The molecule has 2 aromatic heterocycles. The maximum atomic E-state index is 11.9. The Hall–Kier alpha value is -1.27. The van der Waals surface area contributed by atoms with Crippen LogP contribution < -0.4 is 5.69 Å². The molecule has 0 aliphatic carbocycles. The van der Waals surface area contributed by atoms with E-state index in [-0.39, 0.29) is 5.69 Å². The minimum absolute atomic E-state index is 0.103. The number of hydrogen-bond acceptors (Lipinski definition) is 3. The van der Waals surface area contributed by atoms with Crippen molar-refractivity contribution < 1.29 is 5.11 Å². The minimum atomic E-state index is -0.874. The fraction of sp³-hybridized carbons (Fsp3) is 0.214. The van der Waals surface area contributed by atoms with Gasteiger partial charge in [0.25, 0.3) is 0 Å². The highest BCUT2D eigenvalue weighted by Gasteiger charge is 2.18. The molecule has 2 heterocycles. The summed E-state index contributed by atoms with van der Waals surface area (Å²) in [5.41, 5.74) is 2.71. The zero-order valence-electron chi connectivity index (χ0n) is 11.3. The summed E-state index contributed by atoms with van der Waals surface area (Å²) in [6, 6.07) is 7.06. The van der Waals surface area contributed by atoms with E-state index in [0.29, 0.717) is 19.8 Å². The third kappa shape index (κ3) is 2.30. The highest BCUT2D eigenvalue weighted by Crippen LogP contribution is 2.37. The summed E-state index contributed by atoms with van der Waals surface area (Å²) in [6.07, 6.45) is -0.874. The molecule has 0 saturated heterocycles. The normalized spacial score (nSPS) is 13.0. The van der Waals surface area contributed by atoms with Crippen LogP contribution in [0.15, 0.2) is 29.1 Å². The molecular formula is C14H12Cl2N2O2S. The van der Waals surface area contributed by atoms with E-state index in [9.17, 15) is 9.90 Å². The molecule has 0 saturated carbocycles. The molecule has 1 atom stereocenters. The van der Waals surface area contributed by atoms with Crippen LogP contribution >= 0.6 is 34.5 Å². The van der Waals surface area contributed by atoms with Crippen molar-refractivity contribution in [3.05, 3.63) is 54.5 Å². The highest BCUT2D eigenvalue weighted by molar-refractivity contribution is 7.20. The van der Waals surface area contributed by atoms with Crippen LogP contribution in [0.2, 0.25) is 8.67 Å². The Kier molecular flexibility index (Phi) is 3.61. The fourth-order valence-electron chi connectivity index (χ4n) is 2.41. The van der Waals surface area contributed by atoms with Gasteiger partial charge in [-0.3, -0.25) is 9.13 Å². The number of fused-ring (bicyclic) bond motifs is 1. The first-order chi connectivity index (χ1) is 9.90. The molecule has 0 spiro atoms. The first kappa shape index (κ1) is 14.7. The zero-order chi connectivity index (χ0) is 15.3. The van der Waals surface area contributed by atoms with Gasteiger partial charge in [-0.05, 0) is 23.8 Å². The quantitative estimate of drug-likeness (QED) is 0.776. The number of imidazole rings is 1. The number of nitrogens with zero attached hydrogens (tertiary/aromatic N) is 2. The number of thiophene rings is 1. The highest BCUT2D eigenvalue weighted by atomic mass is 35.5. The fourth-order valence-corrected chi connectivity index (χ4v) is 3.93. The van der Waals surface area contributed by atoms with Crippen molar-refractivity contribution in [2.24, 2.45) is 14.1 Å². The summed E-state index contributed by atoms with van der Waals surface area (Å²) in [5, 5.41) is 10.5. The minimum Gasteiger partial charge on any atom is -0.384 e. The first-order valence-corrected chi connectivity index (χ1v) is 7.75. The molecule has 3 rings (SSSR count). The lowest BCUT2D eigenvalue weighted by atomic mass is 10.0. The molecule has 0 fully saturated rings. The largest absolute Gasteiger partial charge is 0.384 e. The molecule has 0 bridgehead atoms. The third-order valence-electron chi connectivity index (χ3n) is 3.59. The maximum absolute atomic E-state index is 11.9. The van der Waals surface area contributed by atoms with Gasteiger partial charge in [0.05, 0.1) is 15.4 Å². The number of aromatic nitrogens is 2. The second kappa shape index (κ2) is 5.18. The van der Waals surface area contributed by atoms with Crippen molar-refractivity contribution in [1.29, 1.82) is 0 Å². The monoisotopic (exact) mass is 342 g/mol. The number of aryl methyl sites for hydroxylation is 2. The Morgan fingerprint density at radius 1 is 1.14 bits per heavy atom. The van der Waals surface area contributed by atoms with E-state index >= 15 is 0 Å². The van der Waals surface area contributed by atoms with Gasteiger partial charge in [0.1, 0.15) is 10.4 Å². The van der Waals surface area contributed by atoms with E-state index in [4.69, 9.17) is 23.2 Å². The van der Waals surface area contributed by atoms with Crippen LogP contribution in [-0.4, -0.2) is 14.2 Å². The Labute approximate surface area is 134 Å². The average Bonchev–Trinajstić information content (AvgIpc) is 2.91. The number of halogens is 2. The third-order valence-corrected chi connectivity index (χ3v) is 5.11. The molecule has 1 aromatic carbocycles. The predicted molar refractivity (Wildman–Crippen MR) is 86.6 cm³/mol. The molecule has 4 nitrogen and oxygen atoms in total. The lowest BCUT2D eigenvalue weighted by Crippen LogP contribution is -2.19. The van der Waals surface area contributed by atoms with Gasteiger partial charge < -0.3 is 5.11 Å². The molecular weight excluding hydrogens is 331 g/mol. The molecule has 0 radical (unpaired) electrons. The zero-order valence-corrected chi connectivity index (χ0v) is 13.6. The molecule has 1 unspecified atom stereocenters. The van der Waals surface area contributed by atoms with Gasteiger partial charge in [-0.1, -0.05) is 29.3 Å². The molecule has 0 amide bonds. The summed E-state index contributed by atoms with van der Waals surface area (Å²) in [4.78, 5) is 11.9. The van der Waals surface area contributed by atoms with Gasteiger partial charge in [0.2, 0.25) is 0 Å². The molecule has 21 heavy (non-hydrogen) atoms. The lowest BCUT2D eigenvalue weighted by Gasteiger charge is -2.10. The maximum Gasteiger partial charge on any atom is 0.328 e. The predicted octanol–water partition coefficient (Wildman–Crippen LogP) is 3.33. The van der Waals surface area contributed by atoms with Crippen LogP contribution in [0.3, 0.4) is 0 Å². The summed E-state index contributed by atoms with van der Waals surface area (Å²) in [5.74, 6) is 0. The molecule has 0 aliphatic rings. The van der Waals surface area contributed by atoms with Gasteiger partial charge in [-0.2, -0.15) is 0 Å². The molecule has 3 aromatic rings. The van der Waals surface area contributed by atoms with Gasteiger partial charge in [0, 0.05) is 19.7 Å². The van der Waals surface area contributed by atoms with Crippen LogP contribution in [0.5, 0.6) is 0 Å². The Bertz CT molecular complexity index is 894. The van der Waals surface area contributed by atoms with Gasteiger partial charge in [-0.25, -0.2) is 4.79 Å². The Morgan fingerprint density at radius 3 is 2.43 bits per heavy atom. The summed E-state index contributed by atoms with van der Waals surface area (Å²) in [7, 11) is 3.42. The number of hydrogen-bond donors (Lipinski definition) is 1. The van der Waals surface area contributed by atoms with Crippen molar-refractivity contribution >= 4 is 45.6 Å². The van der Waals surface area contributed by atoms with E-state index in [1.807, 2.05) is 6.07 Å². The van der Waals surface area contributed by atoms with Crippen molar-refractivity contribution in [3.63, 3.8) is 0 Å². The van der Waals surface area contributed by atoms with Crippen LogP contribution in [0, 0.1) is 0 Å². The van der Waals surface area contributed by atoms with Crippen molar-refractivity contribution in [1.82, 2.24) is 9.13 Å². The van der Waals surface area contributed by atoms with E-state index in [1.54, 1.807) is 41.4 Å². The SMILES string of the molecule is Cn1c(=O)n(C)c2cc(C(O)c3cc(Cl)sc3Cl)ccc21. The van der Waals surface area contributed by atoms with Gasteiger partial charge >= 0.3 is 5.69 Å². The smallest absolute Gasteiger partial charge is 0.328 e. The van der Waals surface area contributed by atoms with Crippen molar-refractivity contribution in [2.45, 2.75) is 6.10 Å². The second-order valence-electron chi connectivity index (χ2n) is 4.83. The summed E-state index contributed by atoms with van der Waals surface area (Å²) < 4.78 is 4.12. The van der Waals surface area contributed by atoms with Gasteiger partial charge in [0.15, 0.2) is 0 Å². The number of rotatable bonds is 2. The number of aliphatic hydroxyl groups excluding tert-OH is 1. The van der Waals surface area contributed by atoms with E-state index in [0.717, 1.165) is 11.0 Å². The number of benzene rings is 1. The molecule has 0 aliphatic heterocycles. The van der Waals surface area contributed by atoms with E-state index in [1.165, 1.54) is 11.3 Å². The van der Waals surface area contributed by atoms with Crippen molar-refractivity contribution in [3.8, 4) is 0 Å². The molecule has 110 valence electrons. The van der Waals surface area contributed by atoms with Crippen LogP contribution in [0.25, 0.3) is 11.0 Å². The van der Waals surface area contributed by atoms with Crippen LogP contribution in [0.1, 0.15) is 17.2 Å². The van der Waals surface area contributed by atoms with Crippen molar-refractivity contribution in [2.75, 3.05) is 0 Å². The standard InChI is InChI=1S/C14H12Cl2N2O2S/c1-17-9-4-3-7(5-10(9)18(2)14(17)20)12(19)8-6-11(15)21-13(8)16/h3-6,12,19H,1-2H3. The second-order valence-corrected chi connectivity index (χ2v) is 7.12. The van der Waals surface area contributed by atoms with Gasteiger partial charge in [-0.15, -0.1) is 11.3 Å². The lowest BCUT2D eigenvalue weighted by molar-refractivity contribution is 0.221. The van der Waals surface area contributed by atoms with Crippen LogP contribution in [-0.2, 0) is 14.1 Å².